The Morgan fingerprint density at radius 3 is 2.69 bits per heavy atom. The van der Waals surface area contributed by atoms with E-state index in [9.17, 15) is 9.18 Å². The SMILES string of the molecule is C/C=C/c1ccc(OCCCn2c(CNC(=O)c3ccccc3F)nc3ccccc32)c(OC)c1. The number of methoxy groups -OCH3 is 1. The molecule has 6 nitrogen and oxygen atoms in total. The number of aromatic nitrogens is 2. The van der Waals surface area contributed by atoms with Crippen LogP contribution in [0.5, 0.6) is 11.5 Å². The molecule has 1 aromatic heterocycles. The number of nitrogens with one attached hydrogen (secondary N) is 1. The van der Waals surface area contributed by atoms with Gasteiger partial charge in [-0.05, 0) is 55.3 Å². The number of amides is 1. The second kappa shape index (κ2) is 11.3. The minimum atomic E-state index is -0.551. The Bertz CT molecular complexity index is 1350. The van der Waals surface area contributed by atoms with E-state index < -0.39 is 11.7 Å². The molecule has 1 N–H and O–H groups in total. The standard InChI is InChI=1S/C28H28FN3O3/c1-3-9-20-14-15-25(26(18-20)34-2)35-17-8-16-32-24-13-7-6-12-23(24)31-27(32)19-30-28(33)21-10-4-5-11-22(21)29/h3-7,9-15,18H,8,16-17,19H2,1-2H3,(H,30,33)/b9-3+. The Balaban J connectivity index is 1.43. The van der Waals surface area contributed by atoms with E-state index in [0.29, 0.717) is 36.9 Å². The van der Waals surface area contributed by atoms with Crippen molar-refractivity contribution in [1.82, 2.24) is 14.9 Å². The maximum Gasteiger partial charge on any atom is 0.254 e. The Morgan fingerprint density at radius 1 is 1.09 bits per heavy atom. The fraction of sp³-hybridized carbons (Fsp3) is 0.214. The Kier molecular flexibility index (Phi) is 7.77. The van der Waals surface area contributed by atoms with Gasteiger partial charge in [-0.25, -0.2) is 9.37 Å². The number of hydrogen-bond acceptors (Lipinski definition) is 4. The van der Waals surface area contributed by atoms with Gasteiger partial charge in [0.2, 0.25) is 0 Å². The normalized spacial score (nSPS) is 11.2. The highest BCUT2D eigenvalue weighted by molar-refractivity contribution is 5.94. The van der Waals surface area contributed by atoms with Crippen LogP contribution >= 0.6 is 0 Å². The average molecular weight is 474 g/mol. The van der Waals surface area contributed by atoms with E-state index in [0.717, 1.165) is 16.6 Å². The molecule has 0 saturated carbocycles. The highest BCUT2D eigenvalue weighted by Crippen LogP contribution is 2.29. The Morgan fingerprint density at radius 2 is 1.89 bits per heavy atom. The molecule has 0 aliphatic heterocycles. The zero-order valence-electron chi connectivity index (χ0n) is 19.8. The van der Waals surface area contributed by atoms with Gasteiger partial charge in [0.05, 0.1) is 36.9 Å². The lowest BCUT2D eigenvalue weighted by Gasteiger charge is -2.13. The molecule has 4 rings (SSSR count). The van der Waals surface area contributed by atoms with Gasteiger partial charge < -0.3 is 19.4 Å². The topological polar surface area (TPSA) is 65.4 Å². The molecular formula is C28H28FN3O3. The lowest BCUT2D eigenvalue weighted by molar-refractivity contribution is 0.0945. The summed E-state index contributed by atoms with van der Waals surface area (Å²) in [5.74, 6) is 1.05. The molecular weight excluding hydrogens is 445 g/mol. The molecule has 0 saturated heterocycles. The van der Waals surface area contributed by atoms with Crippen LogP contribution in [0.25, 0.3) is 17.1 Å². The molecule has 0 fully saturated rings. The van der Waals surface area contributed by atoms with Gasteiger partial charge in [0.1, 0.15) is 11.6 Å². The van der Waals surface area contributed by atoms with Crippen LogP contribution in [0, 0.1) is 5.82 Å². The van der Waals surface area contributed by atoms with Crippen molar-refractivity contribution in [3.8, 4) is 11.5 Å². The largest absolute Gasteiger partial charge is 0.493 e. The number of benzene rings is 3. The molecule has 0 aliphatic carbocycles. The van der Waals surface area contributed by atoms with E-state index in [1.165, 1.54) is 12.1 Å². The van der Waals surface area contributed by atoms with Gasteiger partial charge in [-0.1, -0.05) is 42.5 Å². The quantitative estimate of drug-likeness (QED) is 0.304. The maximum atomic E-state index is 14.0. The summed E-state index contributed by atoms with van der Waals surface area (Å²) in [5.41, 5.74) is 2.86. The van der Waals surface area contributed by atoms with Crippen molar-refractivity contribution in [2.24, 2.45) is 0 Å². The van der Waals surface area contributed by atoms with Crippen LogP contribution in [0.1, 0.15) is 35.1 Å². The maximum absolute atomic E-state index is 14.0. The fourth-order valence-corrected chi connectivity index (χ4v) is 3.91. The minimum Gasteiger partial charge on any atom is -0.493 e. The zero-order chi connectivity index (χ0) is 24.6. The number of fused-ring (bicyclic) bond motifs is 1. The van der Waals surface area contributed by atoms with E-state index >= 15 is 0 Å². The number of imidazole rings is 1. The molecule has 0 spiro atoms. The van der Waals surface area contributed by atoms with Crippen LogP contribution in [0.3, 0.4) is 0 Å². The van der Waals surface area contributed by atoms with Gasteiger partial charge in [0, 0.05) is 6.54 Å². The first-order valence-electron chi connectivity index (χ1n) is 11.5. The van der Waals surface area contributed by atoms with Crippen molar-refractivity contribution in [2.75, 3.05) is 13.7 Å². The molecule has 3 aromatic carbocycles. The van der Waals surface area contributed by atoms with E-state index in [1.54, 1.807) is 19.2 Å². The molecule has 0 unspecified atom stereocenters. The number of rotatable bonds is 10. The van der Waals surface area contributed by atoms with E-state index in [-0.39, 0.29) is 12.1 Å². The predicted molar refractivity (Wildman–Crippen MR) is 135 cm³/mol. The summed E-state index contributed by atoms with van der Waals surface area (Å²) in [5, 5.41) is 2.79. The third-order valence-corrected chi connectivity index (χ3v) is 5.59. The number of carbonyl (C=O) groups excluding carboxylic acids is 1. The highest BCUT2D eigenvalue weighted by atomic mass is 19.1. The molecule has 35 heavy (non-hydrogen) atoms. The first kappa shape index (κ1) is 24.0. The molecule has 7 heteroatoms. The summed E-state index contributed by atoms with van der Waals surface area (Å²) in [6.07, 6.45) is 4.69. The van der Waals surface area contributed by atoms with E-state index in [4.69, 9.17) is 9.47 Å². The van der Waals surface area contributed by atoms with Gasteiger partial charge >= 0.3 is 0 Å². The summed E-state index contributed by atoms with van der Waals surface area (Å²) in [4.78, 5) is 17.2. The highest BCUT2D eigenvalue weighted by Gasteiger charge is 2.14. The fourth-order valence-electron chi connectivity index (χ4n) is 3.91. The van der Waals surface area contributed by atoms with Crippen molar-refractivity contribution >= 4 is 23.0 Å². The van der Waals surface area contributed by atoms with Crippen molar-refractivity contribution in [2.45, 2.75) is 26.4 Å². The van der Waals surface area contributed by atoms with Gasteiger partial charge in [0.15, 0.2) is 11.5 Å². The monoisotopic (exact) mass is 473 g/mol. The number of aryl methyl sites for hydroxylation is 1. The van der Waals surface area contributed by atoms with Crippen molar-refractivity contribution in [1.29, 1.82) is 0 Å². The average Bonchev–Trinajstić information content (AvgIpc) is 3.23. The van der Waals surface area contributed by atoms with Crippen LogP contribution in [0.15, 0.2) is 72.8 Å². The summed E-state index contributed by atoms with van der Waals surface area (Å²) in [6.45, 7) is 3.27. The van der Waals surface area contributed by atoms with Gasteiger partial charge in [-0.15, -0.1) is 0 Å². The number of halogens is 1. The summed E-state index contributed by atoms with van der Waals surface area (Å²) in [6, 6.07) is 19.6. The van der Waals surface area contributed by atoms with E-state index in [1.807, 2.05) is 61.5 Å². The molecule has 4 aromatic rings. The molecule has 180 valence electrons. The van der Waals surface area contributed by atoms with Crippen molar-refractivity contribution in [3.05, 3.63) is 95.6 Å². The van der Waals surface area contributed by atoms with Gasteiger partial charge in [-0.2, -0.15) is 0 Å². The third kappa shape index (κ3) is 5.69. The molecule has 1 amide bonds. The van der Waals surface area contributed by atoms with E-state index in [2.05, 4.69) is 14.9 Å². The van der Waals surface area contributed by atoms with Crippen LogP contribution in [-0.2, 0) is 13.1 Å². The Labute approximate surface area is 204 Å². The molecule has 0 atom stereocenters. The van der Waals surface area contributed by atoms with Crippen LogP contribution < -0.4 is 14.8 Å². The second-order valence-electron chi connectivity index (χ2n) is 7.94. The third-order valence-electron chi connectivity index (χ3n) is 5.59. The van der Waals surface area contributed by atoms with Crippen molar-refractivity contribution in [3.63, 3.8) is 0 Å². The summed E-state index contributed by atoms with van der Waals surface area (Å²) < 4.78 is 27.5. The molecule has 0 aliphatic rings. The molecule has 0 bridgehead atoms. The number of para-hydroxylation sites is 2. The van der Waals surface area contributed by atoms with Crippen LogP contribution in [-0.4, -0.2) is 29.2 Å². The van der Waals surface area contributed by atoms with Crippen LogP contribution in [0.2, 0.25) is 0 Å². The Hall–Kier alpha value is -4.13. The number of ether oxygens (including phenoxy) is 2. The van der Waals surface area contributed by atoms with Crippen molar-refractivity contribution < 1.29 is 18.7 Å². The zero-order valence-corrected chi connectivity index (χ0v) is 19.8. The number of allylic oxidation sites excluding steroid dienone is 1. The lowest BCUT2D eigenvalue weighted by Crippen LogP contribution is -2.25. The first-order valence-corrected chi connectivity index (χ1v) is 11.5. The van der Waals surface area contributed by atoms with Gasteiger partial charge in [0.25, 0.3) is 5.91 Å². The number of hydrogen-bond donors (Lipinski definition) is 1. The van der Waals surface area contributed by atoms with Gasteiger partial charge in [-0.3, -0.25) is 4.79 Å². The number of nitrogens with zero attached hydrogens (tertiary/aromatic N) is 2. The summed E-state index contributed by atoms with van der Waals surface area (Å²) in [7, 11) is 1.63. The predicted octanol–water partition coefficient (Wildman–Crippen LogP) is 5.62. The lowest BCUT2D eigenvalue weighted by atomic mass is 10.2. The molecule has 0 radical (unpaired) electrons. The second-order valence-corrected chi connectivity index (χ2v) is 7.94. The number of carbonyl (C=O) groups is 1. The van der Waals surface area contributed by atoms with Crippen LogP contribution in [0.4, 0.5) is 4.39 Å². The summed E-state index contributed by atoms with van der Waals surface area (Å²) >= 11 is 0. The minimum absolute atomic E-state index is 0.0120. The molecule has 1 heterocycles. The first-order chi connectivity index (χ1) is 17.1. The smallest absolute Gasteiger partial charge is 0.254 e.